The van der Waals surface area contributed by atoms with Gasteiger partial charge in [0.1, 0.15) is 6.54 Å². The summed E-state index contributed by atoms with van der Waals surface area (Å²) in [6.45, 7) is 1.78. The number of rotatable bonds is 5. The fourth-order valence-corrected chi connectivity index (χ4v) is 3.40. The molecule has 5 nitrogen and oxygen atoms in total. The molecule has 1 aromatic heterocycles. The van der Waals surface area contributed by atoms with Gasteiger partial charge in [0.05, 0.1) is 17.1 Å². The summed E-state index contributed by atoms with van der Waals surface area (Å²) in [7, 11) is 0. The quantitative estimate of drug-likeness (QED) is 0.568. The van der Waals surface area contributed by atoms with Crippen LogP contribution in [0.5, 0.6) is 0 Å². The molecule has 1 N–H and O–H groups in total. The zero-order chi connectivity index (χ0) is 20.2. The van der Waals surface area contributed by atoms with Gasteiger partial charge in [0.25, 0.3) is 5.56 Å². The average molecular weight is 383 g/mol. The molecule has 3 aromatic carbocycles. The predicted molar refractivity (Wildman–Crippen MR) is 114 cm³/mol. The Hall–Kier alpha value is -3.73. The van der Waals surface area contributed by atoms with Gasteiger partial charge in [-0.3, -0.25) is 9.59 Å². The molecule has 0 bridgehead atoms. The maximum absolute atomic E-state index is 12.9. The van der Waals surface area contributed by atoms with Crippen LogP contribution in [0.2, 0.25) is 0 Å². The molecule has 0 aliphatic carbocycles. The molecule has 5 heteroatoms. The van der Waals surface area contributed by atoms with Gasteiger partial charge in [-0.2, -0.15) is 5.10 Å². The molecule has 0 radical (unpaired) electrons. The lowest BCUT2D eigenvalue weighted by Gasteiger charge is -2.15. The largest absolute Gasteiger partial charge is 0.348 e. The van der Waals surface area contributed by atoms with E-state index in [9.17, 15) is 9.59 Å². The van der Waals surface area contributed by atoms with Crippen LogP contribution in [-0.4, -0.2) is 15.7 Å². The van der Waals surface area contributed by atoms with Crippen LogP contribution in [0.1, 0.15) is 18.5 Å². The van der Waals surface area contributed by atoms with Crippen LogP contribution in [0.25, 0.3) is 22.0 Å². The first-order valence-electron chi connectivity index (χ1n) is 9.53. The highest BCUT2D eigenvalue weighted by Gasteiger charge is 2.15. The minimum Gasteiger partial charge on any atom is -0.348 e. The first-order valence-corrected chi connectivity index (χ1v) is 9.53. The smallest absolute Gasteiger partial charge is 0.275 e. The van der Waals surface area contributed by atoms with Crippen molar-refractivity contribution in [3.8, 4) is 11.3 Å². The molecule has 0 aliphatic rings. The number of carbonyl (C=O) groups excluding carboxylic acids is 1. The number of hydrogen-bond donors (Lipinski definition) is 1. The van der Waals surface area contributed by atoms with Crippen LogP contribution in [0.15, 0.2) is 89.7 Å². The van der Waals surface area contributed by atoms with Crippen molar-refractivity contribution in [1.29, 1.82) is 0 Å². The third kappa shape index (κ3) is 3.94. The van der Waals surface area contributed by atoms with Gasteiger partial charge in [-0.15, -0.1) is 0 Å². The zero-order valence-corrected chi connectivity index (χ0v) is 16.1. The standard InChI is InChI=1S/C24H21N3O2/c1-17(18-10-4-2-5-11-18)25-22(28)16-27-24(29)21-15-9-8-14-20(21)23(26-27)19-12-6-3-7-13-19/h2-15,17H,16H2,1H3,(H,25,28)/t17-/m1/s1. The summed E-state index contributed by atoms with van der Waals surface area (Å²) < 4.78 is 1.25. The van der Waals surface area contributed by atoms with E-state index in [4.69, 9.17) is 0 Å². The second kappa shape index (κ2) is 8.10. The van der Waals surface area contributed by atoms with Crippen LogP contribution in [0.3, 0.4) is 0 Å². The molecule has 1 atom stereocenters. The fourth-order valence-electron chi connectivity index (χ4n) is 3.40. The zero-order valence-electron chi connectivity index (χ0n) is 16.1. The van der Waals surface area contributed by atoms with Crippen LogP contribution in [-0.2, 0) is 11.3 Å². The monoisotopic (exact) mass is 383 g/mol. The molecule has 0 fully saturated rings. The predicted octanol–water partition coefficient (Wildman–Crippen LogP) is 3.94. The molecule has 0 unspecified atom stereocenters. The van der Waals surface area contributed by atoms with E-state index >= 15 is 0 Å². The maximum atomic E-state index is 12.9. The molecule has 1 amide bonds. The van der Waals surface area contributed by atoms with E-state index in [1.165, 1.54) is 4.68 Å². The number of nitrogens with one attached hydrogen (secondary N) is 1. The van der Waals surface area contributed by atoms with Crippen molar-refractivity contribution in [2.75, 3.05) is 0 Å². The van der Waals surface area contributed by atoms with E-state index in [-0.39, 0.29) is 24.1 Å². The third-order valence-corrected chi connectivity index (χ3v) is 4.89. The van der Waals surface area contributed by atoms with Gasteiger partial charge in [0.15, 0.2) is 0 Å². The lowest BCUT2D eigenvalue weighted by molar-refractivity contribution is -0.122. The average Bonchev–Trinajstić information content (AvgIpc) is 2.77. The summed E-state index contributed by atoms with van der Waals surface area (Å²) in [6, 6.07) is 26.6. The number of amides is 1. The lowest BCUT2D eigenvalue weighted by atomic mass is 10.1. The van der Waals surface area contributed by atoms with E-state index in [0.29, 0.717) is 11.1 Å². The summed E-state index contributed by atoms with van der Waals surface area (Å²) in [6.07, 6.45) is 0. The highest BCUT2D eigenvalue weighted by Crippen LogP contribution is 2.24. The summed E-state index contributed by atoms with van der Waals surface area (Å²) >= 11 is 0. The summed E-state index contributed by atoms with van der Waals surface area (Å²) in [5.41, 5.74) is 2.31. The highest BCUT2D eigenvalue weighted by molar-refractivity contribution is 5.93. The number of carbonyl (C=O) groups is 1. The second-order valence-electron chi connectivity index (χ2n) is 6.92. The van der Waals surface area contributed by atoms with Crippen molar-refractivity contribution >= 4 is 16.7 Å². The number of benzene rings is 3. The third-order valence-electron chi connectivity index (χ3n) is 4.89. The molecule has 4 aromatic rings. The van der Waals surface area contributed by atoms with Crippen LogP contribution >= 0.6 is 0 Å². The topological polar surface area (TPSA) is 64.0 Å². The second-order valence-corrected chi connectivity index (χ2v) is 6.92. The Kier molecular flexibility index (Phi) is 5.20. The first kappa shape index (κ1) is 18.6. The summed E-state index contributed by atoms with van der Waals surface area (Å²) in [5.74, 6) is -0.259. The highest BCUT2D eigenvalue weighted by atomic mass is 16.2. The first-order chi connectivity index (χ1) is 14.1. The molecule has 29 heavy (non-hydrogen) atoms. The molecule has 0 saturated heterocycles. The SMILES string of the molecule is C[C@@H](NC(=O)Cn1nc(-c2ccccc2)c2ccccc2c1=O)c1ccccc1. The summed E-state index contributed by atoms with van der Waals surface area (Å²) in [5, 5.41) is 8.80. The van der Waals surface area contributed by atoms with E-state index in [0.717, 1.165) is 16.5 Å². The molecule has 144 valence electrons. The Bertz CT molecular complexity index is 1200. The van der Waals surface area contributed by atoms with Crippen LogP contribution < -0.4 is 10.9 Å². The molecule has 0 saturated carbocycles. The summed E-state index contributed by atoms with van der Waals surface area (Å²) in [4.78, 5) is 25.5. The van der Waals surface area contributed by atoms with Gasteiger partial charge < -0.3 is 5.32 Å². The van der Waals surface area contributed by atoms with E-state index in [2.05, 4.69) is 10.4 Å². The van der Waals surface area contributed by atoms with Crippen molar-refractivity contribution in [2.45, 2.75) is 19.5 Å². The fraction of sp³-hybridized carbons (Fsp3) is 0.125. The Morgan fingerprint density at radius 3 is 2.17 bits per heavy atom. The van der Waals surface area contributed by atoms with Gasteiger partial charge in [-0.25, -0.2) is 4.68 Å². The van der Waals surface area contributed by atoms with Gasteiger partial charge >= 0.3 is 0 Å². The van der Waals surface area contributed by atoms with E-state index in [1.807, 2.05) is 85.8 Å². The van der Waals surface area contributed by atoms with Gasteiger partial charge in [0.2, 0.25) is 5.91 Å². The van der Waals surface area contributed by atoms with Crippen molar-refractivity contribution in [3.63, 3.8) is 0 Å². The van der Waals surface area contributed by atoms with Crippen molar-refractivity contribution in [1.82, 2.24) is 15.1 Å². The Morgan fingerprint density at radius 1 is 0.897 bits per heavy atom. The Balaban J connectivity index is 1.68. The minimum atomic E-state index is -0.275. The Labute approximate surface area is 168 Å². The number of aromatic nitrogens is 2. The molecular formula is C24H21N3O2. The number of nitrogens with zero attached hydrogens (tertiary/aromatic N) is 2. The lowest BCUT2D eigenvalue weighted by Crippen LogP contribution is -2.35. The van der Waals surface area contributed by atoms with Gasteiger partial charge in [-0.1, -0.05) is 78.9 Å². The van der Waals surface area contributed by atoms with Gasteiger partial charge in [0, 0.05) is 10.9 Å². The number of hydrogen-bond acceptors (Lipinski definition) is 3. The normalized spacial score (nSPS) is 11.9. The molecule has 0 aliphatic heterocycles. The van der Waals surface area contributed by atoms with Crippen molar-refractivity contribution < 1.29 is 4.79 Å². The van der Waals surface area contributed by atoms with Crippen molar-refractivity contribution in [2.24, 2.45) is 0 Å². The van der Waals surface area contributed by atoms with E-state index < -0.39 is 0 Å². The van der Waals surface area contributed by atoms with Crippen LogP contribution in [0.4, 0.5) is 0 Å². The Morgan fingerprint density at radius 2 is 1.48 bits per heavy atom. The maximum Gasteiger partial charge on any atom is 0.275 e. The minimum absolute atomic E-state index is 0.138. The molecule has 0 spiro atoms. The molecule has 4 rings (SSSR count). The van der Waals surface area contributed by atoms with Crippen LogP contribution in [0, 0.1) is 0 Å². The van der Waals surface area contributed by atoms with Crippen molar-refractivity contribution in [3.05, 3.63) is 101 Å². The van der Waals surface area contributed by atoms with E-state index in [1.54, 1.807) is 6.07 Å². The van der Waals surface area contributed by atoms with Gasteiger partial charge in [-0.05, 0) is 18.6 Å². The number of fused-ring (bicyclic) bond motifs is 1. The molecule has 1 heterocycles. The molecular weight excluding hydrogens is 362 g/mol.